The number of carboxylic acid groups (broad SMARTS) is 1. The Bertz CT molecular complexity index is 335. The maximum atomic E-state index is 12.1. The van der Waals surface area contributed by atoms with E-state index >= 15 is 0 Å². The minimum absolute atomic E-state index is 0.0718. The van der Waals surface area contributed by atoms with Crippen LogP contribution >= 0.6 is 0 Å². The molecule has 1 rings (SSSR count). The van der Waals surface area contributed by atoms with E-state index in [0.29, 0.717) is 32.5 Å². The Hall–Kier alpha value is -1.30. The van der Waals surface area contributed by atoms with Crippen LogP contribution in [0.5, 0.6) is 0 Å². The molecule has 0 aromatic heterocycles. The van der Waals surface area contributed by atoms with E-state index in [1.54, 1.807) is 0 Å². The third-order valence-corrected chi connectivity index (χ3v) is 3.71. The molecular weight excluding hydrogens is 248 g/mol. The Kier molecular flexibility index (Phi) is 5.60. The van der Waals surface area contributed by atoms with E-state index in [4.69, 9.17) is 4.74 Å². The minimum Gasteiger partial charge on any atom is -0.479 e. The number of amides is 2. The van der Waals surface area contributed by atoms with Crippen molar-refractivity contribution >= 4 is 12.0 Å². The van der Waals surface area contributed by atoms with Crippen LogP contribution in [0.4, 0.5) is 4.79 Å². The summed E-state index contributed by atoms with van der Waals surface area (Å²) in [6.45, 7) is 7.05. The van der Waals surface area contributed by atoms with Crippen LogP contribution in [0.1, 0.15) is 40.0 Å². The highest BCUT2D eigenvalue weighted by atomic mass is 16.5. The van der Waals surface area contributed by atoms with Gasteiger partial charge in [-0.15, -0.1) is 0 Å². The summed E-state index contributed by atoms with van der Waals surface area (Å²) in [6.07, 6.45) is 1.61. The first-order chi connectivity index (χ1) is 8.97. The van der Waals surface area contributed by atoms with Crippen molar-refractivity contribution in [1.82, 2.24) is 10.2 Å². The molecule has 1 aliphatic heterocycles. The monoisotopic (exact) mass is 272 g/mol. The van der Waals surface area contributed by atoms with Crippen LogP contribution in [-0.4, -0.2) is 53.3 Å². The fraction of sp³-hybridized carbons (Fsp3) is 0.846. The summed E-state index contributed by atoms with van der Waals surface area (Å²) in [7, 11) is 0. The summed E-state index contributed by atoms with van der Waals surface area (Å²) in [5.74, 6) is -0.916. The van der Waals surface area contributed by atoms with Crippen molar-refractivity contribution in [2.75, 3.05) is 19.7 Å². The molecule has 0 aromatic rings. The molecule has 0 aliphatic carbocycles. The number of nitrogens with one attached hydrogen (secondary N) is 1. The average molecular weight is 272 g/mol. The molecule has 0 spiro atoms. The van der Waals surface area contributed by atoms with Gasteiger partial charge in [-0.3, -0.25) is 0 Å². The van der Waals surface area contributed by atoms with Gasteiger partial charge in [-0.25, -0.2) is 9.59 Å². The van der Waals surface area contributed by atoms with Crippen molar-refractivity contribution < 1.29 is 19.4 Å². The molecular formula is C13H24N2O4. The lowest BCUT2D eigenvalue weighted by molar-refractivity contribution is -0.148. The number of nitrogens with zero attached hydrogens (tertiary/aromatic N) is 1. The molecule has 0 bridgehead atoms. The van der Waals surface area contributed by atoms with E-state index in [1.807, 2.05) is 20.8 Å². The molecule has 6 nitrogen and oxygen atoms in total. The summed E-state index contributed by atoms with van der Waals surface area (Å²) in [5, 5.41) is 12.2. The van der Waals surface area contributed by atoms with Gasteiger partial charge in [0.1, 0.15) is 5.54 Å². The van der Waals surface area contributed by atoms with Gasteiger partial charge in [-0.1, -0.05) is 6.92 Å². The molecule has 2 unspecified atom stereocenters. The van der Waals surface area contributed by atoms with Gasteiger partial charge in [0.15, 0.2) is 0 Å². The summed E-state index contributed by atoms with van der Waals surface area (Å²) in [4.78, 5) is 25.0. The fourth-order valence-corrected chi connectivity index (χ4v) is 2.59. The van der Waals surface area contributed by atoms with Gasteiger partial charge in [0, 0.05) is 19.7 Å². The van der Waals surface area contributed by atoms with Gasteiger partial charge in [-0.2, -0.15) is 0 Å². The predicted molar refractivity (Wildman–Crippen MR) is 71.1 cm³/mol. The van der Waals surface area contributed by atoms with Crippen molar-refractivity contribution in [2.24, 2.45) is 0 Å². The molecule has 110 valence electrons. The van der Waals surface area contributed by atoms with Crippen LogP contribution in [0.25, 0.3) is 0 Å². The second-order valence-electron chi connectivity index (χ2n) is 4.90. The lowest BCUT2D eigenvalue weighted by atomic mass is 9.93. The Morgan fingerprint density at radius 2 is 2.16 bits per heavy atom. The van der Waals surface area contributed by atoms with Crippen LogP contribution < -0.4 is 5.32 Å². The fourth-order valence-electron chi connectivity index (χ4n) is 2.59. The maximum absolute atomic E-state index is 12.1. The highest BCUT2D eigenvalue weighted by molar-refractivity contribution is 5.87. The van der Waals surface area contributed by atoms with Crippen LogP contribution in [0.15, 0.2) is 0 Å². The lowest BCUT2D eigenvalue weighted by Gasteiger charge is -2.34. The molecule has 0 saturated carbocycles. The average Bonchev–Trinajstić information content (AvgIpc) is 2.81. The van der Waals surface area contributed by atoms with Gasteiger partial charge in [0.25, 0.3) is 0 Å². The number of carboxylic acids is 1. The van der Waals surface area contributed by atoms with Crippen LogP contribution in [0.2, 0.25) is 0 Å². The molecule has 0 aromatic carbocycles. The third kappa shape index (κ3) is 3.37. The van der Waals surface area contributed by atoms with Crippen LogP contribution in [0.3, 0.4) is 0 Å². The first-order valence-corrected chi connectivity index (χ1v) is 6.88. The summed E-state index contributed by atoms with van der Waals surface area (Å²) < 4.78 is 5.33. The smallest absolute Gasteiger partial charge is 0.329 e. The number of carbonyl (C=O) groups excluding carboxylic acids is 1. The molecule has 1 fully saturated rings. The van der Waals surface area contributed by atoms with Crippen molar-refractivity contribution in [1.29, 1.82) is 0 Å². The van der Waals surface area contributed by atoms with Crippen molar-refractivity contribution in [3.63, 3.8) is 0 Å². The first kappa shape index (κ1) is 15.8. The number of likely N-dealkylation sites (tertiary alicyclic amines) is 1. The normalized spacial score (nSPS) is 24.3. The number of hydrogen-bond acceptors (Lipinski definition) is 3. The van der Waals surface area contributed by atoms with Crippen LogP contribution in [0, 0.1) is 0 Å². The quantitative estimate of drug-likeness (QED) is 0.767. The van der Waals surface area contributed by atoms with Gasteiger partial charge >= 0.3 is 12.0 Å². The second-order valence-corrected chi connectivity index (χ2v) is 4.90. The maximum Gasteiger partial charge on any atom is 0.329 e. The number of hydrogen-bond donors (Lipinski definition) is 2. The molecule has 0 radical (unpaired) electrons. The lowest BCUT2D eigenvalue weighted by Crippen LogP contribution is -2.56. The zero-order valence-electron chi connectivity index (χ0n) is 11.9. The summed E-state index contributed by atoms with van der Waals surface area (Å²) >= 11 is 0. The first-order valence-electron chi connectivity index (χ1n) is 6.88. The molecule has 2 atom stereocenters. The van der Waals surface area contributed by atoms with E-state index in [9.17, 15) is 14.7 Å². The Morgan fingerprint density at radius 1 is 1.47 bits per heavy atom. The minimum atomic E-state index is -1.04. The zero-order valence-corrected chi connectivity index (χ0v) is 11.9. The number of rotatable bonds is 6. The van der Waals surface area contributed by atoms with E-state index in [0.717, 1.165) is 6.42 Å². The van der Waals surface area contributed by atoms with Crippen molar-refractivity contribution in [3.8, 4) is 0 Å². The Labute approximate surface area is 114 Å². The topological polar surface area (TPSA) is 78.9 Å². The van der Waals surface area contributed by atoms with Crippen molar-refractivity contribution in [3.05, 3.63) is 0 Å². The molecule has 6 heteroatoms. The highest BCUT2D eigenvalue weighted by Crippen LogP contribution is 2.32. The molecule has 1 aliphatic rings. The standard InChI is InChI=1S/C13H24N2O4/c1-4-13(11(16)17)7-6-8-15(13)12(18)14-9-10(3)19-5-2/h10H,4-9H2,1-3H3,(H,14,18)(H,16,17). The number of aliphatic carboxylic acids is 1. The molecule has 19 heavy (non-hydrogen) atoms. The second kappa shape index (κ2) is 6.75. The Morgan fingerprint density at radius 3 is 2.68 bits per heavy atom. The van der Waals surface area contributed by atoms with Gasteiger partial charge in [0.2, 0.25) is 0 Å². The summed E-state index contributed by atoms with van der Waals surface area (Å²) in [5.41, 5.74) is -1.04. The number of ether oxygens (including phenoxy) is 1. The molecule has 2 amide bonds. The Balaban J connectivity index is 2.62. The van der Waals surface area contributed by atoms with Crippen molar-refractivity contribution in [2.45, 2.75) is 51.7 Å². The van der Waals surface area contributed by atoms with Gasteiger partial charge in [0.05, 0.1) is 6.10 Å². The van der Waals surface area contributed by atoms with E-state index in [2.05, 4.69) is 5.32 Å². The predicted octanol–water partition coefficient (Wildman–Crippen LogP) is 1.45. The molecule has 1 saturated heterocycles. The molecule has 2 N–H and O–H groups in total. The SMILES string of the molecule is CCOC(C)CNC(=O)N1CCCC1(CC)C(=O)O. The number of urea groups is 1. The third-order valence-electron chi connectivity index (χ3n) is 3.71. The largest absolute Gasteiger partial charge is 0.479 e. The van der Waals surface area contributed by atoms with Crippen LogP contribution in [-0.2, 0) is 9.53 Å². The van der Waals surface area contributed by atoms with Gasteiger partial charge in [-0.05, 0) is 33.1 Å². The molecule has 1 heterocycles. The van der Waals surface area contributed by atoms with Gasteiger partial charge < -0.3 is 20.1 Å². The van der Waals surface area contributed by atoms with E-state index in [1.165, 1.54) is 4.90 Å². The number of carbonyl (C=O) groups is 2. The zero-order chi connectivity index (χ0) is 14.5. The summed E-state index contributed by atoms with van der Waals surface area (Å²) in [6, 6.07) is -0.312. The van der Waals surface area contributed by atoms with E-state index < -0.39 is 11.5 Å². The highest BCUT2D eigenvalue weighted by Gasteiger charge is 2.48. The van der Waals surface area contributed by atoms with E-state index in [-0.39, 0.29) is 12.1 Å².